The van der Waals surface area contributed by atoms with Gasteiger partial charge in [-0.3, -0.25) is 9.78 Å². The van der Waals surface area contributed by atoms with Crippen molar-refractivity contribution in [3.05, 3.63) is 71.9 Å². The standard InChI is InChI=1S/C20H19NO2/c1-2-7-18(22)16-11-12-19(20-17(16)10-6-13-21-20)23-14-15-8-4-3-5-9-15/h3-6,8-13H,2,7,14H2,1H3. The van der Waals surface area contributed by atoms with E-state index in [4.69, 9.17) is 4.74 Å². The molecule has 0 amide bonds. The fourth-order valence-corrected chi connectivity index (χ4v) is 2.60. The second kappa shape index (κ2) is 7.05. The third kappa shape index (κ3) is 3.39. The fraction of sp³-hybridized carbons (Fsp3) is 0.200. The van der Waals surface area contributed by atoms with Crippen LogP contribution in [-0.4, -0.2) is 10.8 Å². The van der Waals surface area contributed by atoms with Crippen molar-refractivity contribution < 1.29 is 9.53 Å². The number of ether oxygens (including phenoxy) is 1. The lowest BCUT2D eigenvalue weighted by Gasteiger charge is -2.11. The molecule has 3 aromatic rings. The first-order valence-corrected chi connectivity index (χ1v) is 7.87. The van der Waals surface area contributed by atoms with Gasteiger partial charge in [-0.25, -0.2) is 0 Å². The lowest BCUT2D eigenvalue weighted by molar-refractivity contribution is 0.0983. The van der Waals surface area contributed by atoms with Crippen molar-refractivity contribution >= 4 is 16.7 Å². The van der Waals surface area contributed by atoms with E-state index in [1.165, 1.54) is 0 Å². The Morgan fingerprint density at radius 3 is 2.65 bits per heavy atom. The van der Waals surface area contributed by atoms with Gasteiger partial charge in [0.2, 0.25) is 0 Å². The minimum atomic E-state index is 0.153. The Morgan fingerprint density at radius 2 is 1.87 bits per heavy atom. The van der Waals surface area contributed by atoms with E-state index >= 15 is 0 Å². The summed E-state index contributed by atoms with van der Waals surface area (Å²) in [5, 5.41) is 0.858. The van der Waals surface area contributed by atoms with Gasteiger partial charge < -0.3 is 4.74 Å². The van der Waals surface area contributed by atoms with Gasteiger partial charge in [-0.2, -0.15) is 0 Å². The summed E-state index contributed by atoms with van der Waals surface area (Å²) in [7, 11) is 0. The van der Waals surface area contributed by atoms with Crippen LogP contribution in [0.2, 0.25) is 0 Å². The highest BCUT2D eigenvalue weighted by molar-refractivity contribution is 6.08. The smallest absolute Gasteiger partial charge is 0.163 e. The number of Topliss-reactive ketones (excluding diaryl/α,β-unsaturated/α-hetero) is 1. The Hall–Kier alpha value is -2.68. The zero-order chi connectivity index (χ0) is 16.1. The van der Waals surface area contributed by atoms with Crippen LogP contribution in [0.25, 0.3) is 10.9 Å². The van der Waals surface area contributed by atoms with E-state index in [-0.39, 0.29) is 5.78 Å². The summed E-state index contributed by atoms with van der Waals surface area (Å²) in [6.45, 7) is 2.49. The van der Waals surface area contributed by atoms with Crippen LogP contribution in [0.3, 0.4) is 0 Å². The third-order valence-electron chi connectivity index (χ3n) is 3.75. The summed E-state index contributed by atoms with van der Waals surface area (Å²) in [5.41, 5.74) is 2.56. The molecule has 0 radical (unpaired) electrons. The first-order chi connectivity index (χ1) is 11.3. The van der Waals surface area contributed by atoms with Gasteiger partial charge in [-0.05, 0) is 30.2 Å². The van der Waals surface area contributed by atoms with E-state index < -0.39 is 0 Å². The quantitative estimate of drug-likeness (QED) is 0.614. The molecular weight excluding hydrogens is 286 g/mol. The first kappa shape index (κ1) is 15.2. The molecule has 0 N–H and O–H groups in total. The number of aromatic nitrogens is 1. The number of hydrogen-bond donors (Lipinski definition) is 0. The largest absolute Gasteiger partial charge is 0.487 e. The molecule has 2 aromatic carbocycles. The van der Waals surface area contributed by atoms with E-state index in [1.807, 2.05) is 61.5 Å². The Balaban J connectivity index is 1.93. The SMILES string of the molecule is CCCC(=O)c1ccc(OCc2ccccc2)c2ncccc12. The molecule has 3 nitrogen and oxygen atoms in total. The molecule has 3 heteroatoms. The second-order valence-corrected chi connectivity index (χ2v) is 5.46. The average Bonchev–Trinajstić information content (AvgIpc) is 2.60. The van der Waals surface area contributed by atoms with Crippen molar-refractivity contribution in [1.82, 2.24) is 4.98 Å². The van der Waals surface area contributed by atoms with Crippen molar-refractivity contribution in [2.45, 2.75) is 26.4 Å². The van der Waals surface area contributed by atoms with Gasteiger partial charge in [0.1, 0.15) is 17.9 Å². The van der Waals surface area contributed by atoms with Crippen LogP contribution >= 0.6 is 0 Å². The number of pyridine rings is 1. The van der Waals surface area contributed by atoms with Crippen molar-refractivity contribution in [2.75, 3.05) is 0 Å². The predicted molar refractivity (Wildman–Crippen MR) is 91.8 cm³/mol. The van der Waals surface area contributed by atoms with Crippen molar-refractivity contribution in [1.29, 1.82) is 0 Å². The van der Waals surface area contributed by atoms with Crippen LogP contribution < -0.4 is 4.74 Å². The second-order valence-electron chi connectivity index (χ2n) is 5.46. The number of ketones is 1. The molecule has 0 aliphatic rings. The lowest BCUT2D eigenvalue weighted by atomic mass is 10.0. The molecular formula is C20H19NO2. The molecule has 0 fully saturated rings. The van der Waals surface area contributed by atoms with Gasteiger partial charge in [0.25, 0.3) is 0 Å². The third-order valence-corrected chi connectivity index (χ3v) is 3.75. The van der Waals surface area contributed by atoms with Gasteiger partial charge in [0.05, 0.1) is 0 Å². The highest BCUT2D eigenvalue weighted by Gasteiger charge is 2.13. The van der Waals surface area contributed by atoms with Gasteiger partial charge in [0, 0.05) is 23.6 Å². The molecule has 0 unspecified atom stereocenters. The van der Waals surface area contributed by atoms with Gasteiger partial charge in [-0.15, -0.1) is 0 Å². The van der Waals surface area contributed by atoms with E-state index in [2.05, 4.69) is 4.98 Å². The number of fused-ring (bicyclic) bond motifs is 1. The van der Waals surface area contributed by atoms with Crippen molar-refractivity contribution in [2.24, 2.45) is 0 Å². The number of nitrogens with zero attached hydrogens (tertiary/aromatic N) is 1. The number of benzene rings is 2. The molecule has 116 valence electrons. The summed E-state index contributed by atoms with van der Waals surface area (Å²) in [6.07, 6.45) is 3.12. The molecule has 0 aliphatic carbocycles. The Kier molecular flexibility index (Phi) is 4.67. The van der Waals surface area contributed by atoms with Gasteiger partial charge >= 0.3 is 0 Å². The maximum absolute atomic E-state index is 12.3. The number of hydrogen-bond acceptors (Lipinski definition) is 3. The van der Waals surface area contributed by atoms with Crippen molar-refractivity contribution in [3.8, 4) is 5.75 Å². The van der Waals surface area contributed by atoms with Gasteiger partial charge in [0.15, 0.2) is 5.78 Å². The summed E-state index contributed by atoms with van der Waals surface area (Å²) in [6, 6.07) is 17.5. The van der Waals surface area contributed by atoms with Gasteiger partial charge in [-0.1, -0.05) is 43.3 Å². The van der Waals surface area contributed by atoms with Crippen LogP contribution in [0.4, 0.5) is 0 Å². The summed E-state index contributed by atoms with van der Waals surface area (Å²) >= 11 is 0. The van der Waals surface area contributed by atoms with E-state index in [0.29, 0.717) is 18.8 Å². The predicted octanol–water partition coefficient (Wildman–Crippen LogP) is 4.80. The normalized spacial score (nSPS) is 10.7. The maximum atomic E-state index is 12.3. The first-order valence-electron chi connectivity index (χ1n) is 7.87. The molecule has 3 rings (SSSR count). The molecule has 0 saturated heterocycles. The molecule has 0 saturated carbocycles. The van der Waals surface area contributed by atoms with Crippen molar-refractivity contribution in [3.63, 3.8) is 0 Å². The molecule has 0 bridgehead atoms. The summed E-state index contributed by atoms with van der Waals surface area (Å²) in [4.78, 5) is 16.7. The molecule has 0 aliphatic heterocycles. The van der Waals surface area contributed by atoms with Crippen LogP contribution in [0.15, 0.2) is 60.8 Å². The van der Waals surface area contributed by atoms with E-state index in [0.717, 1.165) is 28.5 Å². The topological polar surface area (TPSA) is 39.2 Å². The monoisotopic (exact) mass is 305 g/mol. The van der Waals surface area contributed by atoms with Crippen LogP contribution in [0.1, 0.15) is 35.7 Å². The fourth-order valence-electron chi connectivity index (χ4n) is 2.60. The molecule has 1 aromatic heterocycles. The minimum Gasteiger partial charge on any atom is -0.487 e. The minimum absolute atomic E-state index is 0.153. The Labute approximate surface area is 135 Å². The molecule has 0 atom stereocenters. The van der Waals surface area contributed by atoms with Crippen LogP contribution in [0.5, 0.6) is 5.75 Å². The van der Waals surface area contributed by atoms with E-state index in [1.54, 1.807) is 6.20 Å². The Morgan fingerprint density at radius 1 is 1.04 bits per heavy atom. The highest BCUT2D eigenvalue weighted by Crippen LogP contribution is 2.28. The lowest BCUT2D eigenvalue weighted by Crippen LogP contribution is -2.02. The van der Waals surface area contributed by atoms with E-state index in [9.17, 15) is 4.79 Å². The average molecular weight is 305 g/mol. The Bertz CT molecular complexity index is 812. The van der Waals surface area contributed by atoms with Crippen LogP contribution in [-0.2, 0) is 6.61 Å². The number of rotatable bonds is 6. The molecule has 23 heavy (non-hydrogen) atoms. The zero-order valence-corrected chi connectivity index (χ0v) is 13.2. The summed E-state index contributed by atoms with van der Waals surface area (Å²) < 4.78 is 5.93. The molecule has 0 spiro atoms. The van der Waals surface area contributed by atoms with Crippen LogP contribution in [0, 0.1) is 0 Å². The number of carbonyl (C=O) groups excluding carboxylic acids is 1. The summed E-state index contributed by atoms with van der Waals surface area (Å²) in [5.74, 6) is 0.859. The highest BCUT2D eigenvalue weighted by atomic mass is 16.5. The number of carbonyl (C=O) groups is 1. The zero-order valence-electron chi connectivity index (χ0n) is 13.2. The molecule has 1 heterocycles. The maximum Gasteiger partial charge on any atom is 0.163 e.